The van der Waals surface area contributed by atoms with Gasteiger partial charge in [-0.25, -0.2) is 0 Å². The molecule has 0 aliphatic carbocycles. The van der Waals surface area contributed by atoms with Crippen LogP contribution < -0.4 is 0 Å². The molecule has 0 radical (unpaired) electrons. The summed E-state index contributed by atoms with van der Waals surface area (Å²) in [4.78, 5) is 0. The van der Waals surface area contributed by atoms with Crippen LogP contribution in [0.15, 0.2) is 24.3 Å². The van der Waals surface area contributed by atoms with Gasteiger partial charge < -0.3 is 5.11 Å². The van der Waals surface area contributed by atoms with Gasteiger partial charge in [0.2, 0.25) is 0 Å². The van der Waals surface area contributed by atoms with Crippen LogP contribution in [0.3, 0.4) is 0 Å². The largest absolute Gasteiger partial charge is 0.396 e. The van der Waals surface area contributed by atoms with Gasteiger partial charge in [-0.2, -0.15) is 0 Å². The fourth-order valence-electron chi connectivity index (χ4n) is 0.630. The summed E-state index contributed by atoms with van der Waals surface area (Å²) in [6.07, 6.45) is 11.2. The molecule has 0 aliphatic heterocycles. The standard InChI is InChI=1S/C9H16O/c1-2-3-4-5-6-7-8-9-10/h3-4,6-7,10H,2,5,8-9H2,1H3/b4-3-,7-6+. The topological polar surface area (TPSA) is 20.2 Å². The summed E-state index contributed by atoms with van der Waals surface area (Å²) >= 11 is 0. The maximum atomic E-state index is 8.40. The number of allylic oxidation sites excluding steroid dienone is 3. The second-order valence-corrected chi connectivity index (χ2v) is 2.10. The lowest BCUT2D eigenvalue weighted by Crippen LogP contribution is -1.74. The fraction of sp³-hybridized carbons (Fsp3) is 0.556. The van der Waals surface area contributed by atoms with Crippen LogP contribution in [-0.2, 0) is 0 Å². The second kappa shape index (κ2) is 8.44. The predicted octanol–water partition coefficient (Wildman–Crippen LogP) is 2.28. The van der Waals surface area contributed by atoms with Gasteiger partial charge in [-0.3, -0.25) is 0 Å². The summed E-state index contributed by atoms with van der Waals surface area (Å²) in [5.41, 5.74) is 0. The molecule has 0 aromatic heterocycles. The minimum absolute atomic E-state index is 0.258. The van der Waals surface area contributed by atoms with Crippen molar-refractivity contribution >= 4 is 0 Å². The monoisotopic (exact) mass is 140 g/mol. The van der Waals surface area contributed by atoms with Gasteiger partial charge in [0, 0.05) is 6.61 Å². The first-order valence-electron chi connectivity index (χ1n) is 3.82. The highest BCUT2D eigenvalue weighted by Gasteiger charge is 1.72. The maximum absolute atomic E-state index is 8.40. The van der Waals surface area contributed by atoms with Gasteiger partial charge in [-0.15, -0.1) is 0 Å². The zero-order chi connectivity index (χ0) is 7.66. The molecule has 0 aromatic carbocycles. The highest BCUT2D eigenvalue weighted by Crippen LogP contribution is 1.89. The number of rotatable bonds is 5. The van der Waals surface area contributed by atoms with Crippen molar-refractivity contribution in [1.29, 1.82) is 0 Å². The van der Waals surface area contributed by atoms with E-state index < -0.39 is 0 Å². The Morgan fingerprint density at radius 1 is 1.10 bits per heavy atom. The van der Waals surface area contributed by atoms with Crippen LogP contribution in [-0.4, -0.2) is 11.7 Å². The van der Waals surface area contributed by atoms with E-state index in [0.717, 1.165) is 19.3 Å². The van der Waals surface area contributed by atoms with Crippen molar-refractivity contribution in [2.24, 2.45) is 0 Å². The molecular weight excluding hydrogens is 124 g/mol. The minimum Gasteiger partial charge on any atom is -0.396 e. The Morgan fingerprint density at radius 3 is 2.40 bits per heavy atom. The number of hydrogen-bond donors (Lipinski definition) is 1. The lowest BCUT2D eigenvalue weighted by molar-refractivity contribution is 0.302. The second-order valence-electron chi connectivity index (χ2n) is 2.10. The Hall–Kier alpha value is -0.560. The molecule has 0 fully saturated rings. The Kier molecular flexibility index (Phi) is 7.97. The third-order valence-corrected chi connectivity index (χ3v) is 1.14. The van der Waals surface area contributed by atoms with Crippen LogP contribution in [0.25, 0.3) is 0 Å². The van der Waals surface area contributed by atoms with Crippen molar-refractivity contribution in [2.45, 2.75) is 26.2 Å². The van der Waals surface area contributed by atoms with E-state index in [2.05, 4.69) is 25.2 Å². The van der Waals surface area contributed by atoms with Gasteiger partial charge in [0.15, 0.2) is 0 Å². The summed E-state index contributed by atoms with van der Waals surface area (Å²) in [6.45, 7) is 2.38. The van der Waals surface area contributed by atoms with Gasteiger partial charge >= 0.3 is 0 Å². The third kappa shape index (κ3) is 7.44. The molecule has 0 bridgehead atoms. The highest BCUT2D eigenvalue weighted by molar-refractivity contribution is 4.92. The van der Waals surface area contributed by atoms with Gasteiger partial charge in [-0.1, -0.05) is 31.2 Å². The summed E-state index contributed by atoms with van der Waals surface area (Å²) in [5.74, 6) is 0. The molecule has 0 spiro atoms. The minimum atomic E-state index is 0.258. The third-order valence-electron chi connectivity index (χ3n) is 1.14. The zero-order valence-corrected chi connectivity index (χ0v) is 6.59. The summed E-state index contributed by atoms with van der Waals surface area (Å²) in [7, 11) is 0. The Balaban J connectivity index is 3.09. The van der Waals surface area contributed by atoms with Crippen molar-refractivity contribution in [3.05, 3.63) is 24.3 Å². The molecule has 0 atom stereocenters. The van der Waals surface area contributed by atoms with Crippen LogP contribution >= 0.6 is 0 Å². The van der Waals surface area contributed by atoms with Crippen LogP contribution in [0.4, 0.5) is 0 Å². The lowest BCUT2D eigenvalue weighted by Gasteiger charge is -1.83. The van der Waals surface area contributed by atoms with Crippen molar-refractivity contribution in [3.8, 4) is 0 Å². The summed E-state index contributed by atoms with van der Waals surface area (Å²) < 4.78 is 0. The van der Waals surface area contributed by atoms with E-state index in [1.165, 1.54) is 0 Å². The number of aliphatic hydroxyl groups excluding tert-OH is 1. The Bertz CT molecular complexity index is 103. The summed E-state index contributed by atoms with van der Waals surface area (Å²) in [6, 6.07) is 0. The predicted molar refractivity (Wildman–Crippen MR) is 44.9 cm³/mol. The zero-order valence-electron chi connectivity index (χ0n) is 6.59. The molecule has 0 heterocycles. The van der Waals surface area contributed by atoms with Gasteiger partial charge in [-0.05, 0) is 19.3 Å². The molecular formula is C9H16O. The SMILES string of the molecule is CC/C=C\C/C=C/CCO. The van der Waals surface area contributed by atoms with Crippen LogP contribution in [0, 0.1) is 0 Å². The first-order valence-corrected chi connectivity index (χ1v) is 3.82. The molecule has 1 N–H and O–H groups in total. The van der Waals surface area contributed by atoms with Crippen LogP contribution in [0.1, 0.15) is 26.2 Å². The number of aliphatic hydroxyl groups is 1. The van der Waals surface area contributed by atoms with E-state index in [1.807, 2.05) is 6.08 Å². The van der Waals surface area contributed by atoms with Crippen molar-refractivity contribution in [3.63, 3.8) is 0 Å². The molecule has 0 saturated heterocycles. The van der Waals surface area contributed by atoms with Gasteiger partial charge in [0.05, 0.1) is 0 Å². The maximum Gasteiger partial charge on any atom is 0.0465 e. The van der Waals surface area contributed by atoms with Crippen LogP contribution in [0.2, 0.25) is 0 Å². The quantitative estimate of drug-likeness (QED) is 0.581. The highest BCUT2D eigenvalue weighted by atomic mass is 16.2. The Labute approximate surface area is 63.1 Å². The number of hydrogen-bond acceptors (Lipinski definition) is 1. The van der Waals surface area contributed by atoms with Crippen molar-refractivity contribution in [1.82, 2.24) is 0 Å². The molecule has 0 aliphatic rings. The van der Waals surface area contributed by atoms with E-state index in [0.29, 0.717) is 0 Å². The van der Waals surface area contributed by atoms with Crippen molar-refractivity contribution < 1.29 is 5.11 Å². The van der Waals surface area contributed by atoms with Gasteiger partial charge in [0.1, 0.15) is 0 Å². The van der Waals surface area contributed by atoms with E-state index in [-0.39, 0.29) is 6.61 Å². The van der Waals surface area contributed by atoms with Crippen LogP contribution in [0.5, 0.6) is 0 Å². The van der Waals surface area contributed by atoms with E-state index in [4.69, 9.17) is 5.11 Å². The van der Waals surface area contributed by atoms with E-state index in [1.54, 1.807) is 0 Å². The molecule has 0 unspecified atom stereocenters. The van der Waals surface area contributed by atoms with Crippen molar-refractivity contribution in [2.75, 3.05) is 6.61 Å². The van der Waals surface area contributed by atoms with E-state index in [9.17, 15) is 0 Å². The first-order chi connectivity index (χ1) is 4.91. The molecule has 0 rings (SSSR count). The molecule has 0 amide bonds. The first kappa shape index (κ1) is 9.44. The molecule has 1 heteroatoms. The Morgan fingerprint density at radius 2 is 1.80 bits per heavy atom. The average Bonchev–Trinajstić information content (AvgIpc) is 1.97. The smallest absolute Gasteiger partial charge is 0.0465 e. The molecule has 1 nitrogen and oxygen atoms in total. The average molecular weight is 140 g/mol. The fourth-order valence-corrected chi connectivity index (χ4v) is 0.630. The lowest BCUT2D eigenvalue weighted by atomic mass is 10.3. The molecule has 10 heavy (non-hydrogen) atoms. The molecule has 0 saturated carbocycles. The summed E-state index contributed by atoms with van der Waals surface area (Å²) in [5, 5.41) is 8.40. The normalized spacial score (nSPS) is 11.8. The molecule has 0 aromatic rings. The van der Waals surface area contributed by atoms with Gasteiger partial charge in [0.25, 0.3) is 0 Å². The molecule has 58 valence electrons. The van der Waals surface area contributed by atoms with E-state index >= 15 is 0 Å².